The predicted molar refractivity (Wildman–Crippen MR) is 132 cm³/mol. The second-order valence-corrected chi connectivity index (χ2v) is 10.1. The van der Waals surface area contributed by atoms with Gasteiger partial charge in [-0.05, 0) is 56.3 Å². The van der Waals surface area contributed by atoms with Crippen LogP contribution < -0.4 is 4.31 Å². The molecule has 0 aliphatic rings. The molecule has 1 aromatic heterocycles. The topological polar surface area (TPSA) is 69.3 Å². The van der Waals surface area contributed by atoms with Gasteiger partial charge in [-0.1, -0.05) is 38.1 Å². The van der Waals surface area contributed by atoms with Gasteiger partial charge in [0.2, 0.25) is 10.0 Å². The minimum Gasteiger partial charge on any atom is -0.340 e. The molecule has 3 aromatic rings. The van der Waals surface area contributed by atoms with Crippen molar-refractivity contribution in [3.05, 3.63) is 53.6 Å². The molecule has 7 heteroatoms. The summed E-state index contributed by atoms with van der Waals surface area (Å²) in [7, 11) is -1.76. The van der Waals surface area contributed by atoms with Gasteiger partial charge in [-0.3, -0.25) is 9.21 Å². The van der Waals surface area contributed by atoms with Gasteiger partial charge in [0.25, 0.3) is 0 Å². The van der Waals surface area contributed by atoms with Gasteiger partial charge in [-0.2, -0.15) is 5.26 Å². The first-order valence-electron chi connectivity index (χ1n) is 11.2. The van der Waals surface area contributed by atoms with E-state index in [2.05, 4.69) is 54.5 Å². The van der Waals surface area contributed by atoms with Crippen molar-refractivity contribution in [3.63, 3.8) is 0 Å². The van der Waals surface area contributed by atoms with Gasteiger partial charge >= 0.3 is 0 Å². The van der Waals surface area contributed by atoms with Crippen molar-refractivity contribution in [1.82, 2.24) is 9.47 Å². The van der Waals surface area contributed by atoms with E-state index in [1.54, 1.807) is 26.1 Å². The molecule has 0 N–H and O–H groups in total. The first kappa shape index (κ1) is 23.8. The highest BCUT2D eigenvalue weighted by Gasteiger charge is 2.20. The summed E-state index contributed by atoms with van der Waals surface area (Å²) in [6.07, 6.45) is 0. The summed E-state index contributed by atoms with van der Waals surface area (Å²) in [6.45, 7) is 11.6. The zero-order valence-corrected chi connectivity index (χ0v) is 20.4. The molecular formula is C25H32N4O2S. The SMILES string of the molecule is CCN(CC)Cc1ccc2c(C#N)c(-c3ccc(N(C)S(=O)(=O)CC)cc3)n(CC)c2c1. The van der Waals surface area contributed by atoms with Crippen LogP contribution in [0.1, 0.15) is 38.8 Å². The standard InChI is InChI=1S/C25H32N4O2S/c1-6-28(7-2)18-19-10-15-22-23(17-26)25(29(8-3)24(22)16-19)20-11-13-21(14-12-20)27(5)32(30,31)9-4/h10-16H,6-9,18H2,1-5H3. The molecule has 2 aromatic carbocycles. The van der Waals surface area contributed by atoms with Gasteiger partial charge in [0.15, 0.2) is 0 Å². The molecule has 0 unspecified atom stereocenters. The van der Waals surface area contributed by atoms with Gasteiger partial charge < -0.3 is 4.57 Å². The number of aryl methyl sites for hydroxylation is 1. The van der Waals surface area contributed by atoms with E-state index in [0.717, 1.165) is 48.3 Å². The molecule has 3 rings (SSSR count). The summed E-state index contributed by atoms with van der Waals surface area (Å²) in [5.41, 5.74) is 5.31. The fraction of sp³-hybridized carbons (Fsp3) is 0.400. The molecule has 0 fully saturated rings. The normalized spacial score (nSPS) is 11.8. The monoisotopic (exact) mass is 452 g/mol. The molecule has 6 nitrogen and oxygen atoms in total. The van der Waals surface area contributed by atoms with E-state index in [4.69, 9.17) is 0 Å². The van der Waals surface area contributed by atoms with Crippen LogP contribution in [0.4, 0.5) is 5.69 Å². The van der Waals surface area contributed by atoms with Crippen molar-refractivity contribution < 1.29 is 8.42 Å². The highest BCUT2D eigenvalue weighted by atomic mass is 32.2. The van der Waals surface area contributed by atoms with E-state index in [1.165, 1.54) is 9.87 Å². The van der Waals surface area contributed by atoms with Crippen molar-refractivity contribution >= 4 is 26.6 Å². The Bertz CT molecular complexity index is 1230. The number of anilines is 1. The van der Waals surface area contributed by atoms with E-state index >= 15 is 0 Å². The van der Waals surface area contributed by atoms with Crippen molar-refractivity contribution in [1.29, 1.82) is 5.26 Å². The van der Waals surface area contributed by atoms with E-state index in [-0.39, 0.29) is 5.75 Å². The Kier molecular flexibility index (Phi) is 7.27. The smallest absolute Gasteiger partial charge is 0.234 e. The summed E-state index contributed by atoms with van der Waals surface area (Å²) in [5, 5.41) is 10.9. The number of fused-ring (bicyclic) bond motifs is 1. The lowest BCUT2D eigenvalue weighted by atomic mass is 10.0. The summed E-state index contributed by atoms with van der Waals surface area (Å²) >= 11 is 0. The van der Waals surface area contributed by atoms with Gasteiger partial charge in [-0.15, -0.1) is 0 Å². The molecule has 170 valence electrons. The number of nitriles is 1. The van der Waals surface area contributed by atoms with Crippen LogP contribution in [0.2, 0.25) is 0 Å². The Morgan fingerprint density at radius 1 is 1.00 bits per heavy atom. The summed E-state index contributed by atoms with van der Waals surface area (Å²) < 4.78 is 27.9. The molecule has 32 heavy (non-hydrogen) atoms. The molecule has 0 aliphatic heterocycles. The second-order valence-electron chi connectivity index (χ2n) is 7.81. The molecule has 0 spiro atoms. The van der Waals surface area contributed by atoms with Gasteiger partial charge in [0.05, 0.1) is 28.2 Å². The maximum absolute atomic E-state index is 12.2. The maximum atomic E-state index is 12.2. The lowest BCUT2D eigenvalue weighted by Crippen LogP contribution is -2.27. The number of hydrogen-bond acceptors (Lipinski definition) is 4. The van der Waals surface area contributed by atoms with Crippen LogP contribution in [0.5, 0.6) is 0 Å². The van der Waals surface area contributed by atoms with Crippen LogP contribution in [-0.4, -0.2) is 43.8 Å². The average molecular weight is 453 g/mol. The maximum Gasteiger partial charge on any atom is 0.234 e. The molecular weight excluding hydrogens is 420 g/mol. The Balaban J connectivity index is 2.11. The Hall–Kier alpha value is -2.82. The highest BCUT2D eigenvalue weighted by Crippen LogP contribution is 2.35. The first-order chi connectivity index (χ1) is 15.3. The third kappa shape index (κ3) is 4.38. The van der Waals surface area contributed by atoms with Gasteiger partial charge in [0.1, 0.15) is 6.07 Å². The second kappa shape index (κ2) is 9.76. The molecule has 0 bridgehead atoms. The molecule has 0 radical (unpaired) electrons. The number of benzene rings is 2. The third-order valence-corrected chi connectivity index (χ3v) is 7.92. The van der Waals surface area contributed by atoms with Crippen molar-refractivity contribution in [2.45, 2.75) is 40.8 Å². The van der Waals surface area contributed by atoms with Crippen LogP contribution in [0.15, 0.2) is 42.5 Å². The van der Waals surface area contributed by atoms with Gasteiger partial charge in [-0.25, -0.2) is 8.42 Å². The Labute approximate surface area is 191 Å². The summed E-state index contributed by atoms with van der Waals surface area (Å²) in [6, 6.07) is 16.2. The summed E-state index contributed by atoms with van der Waals surface area (Å²) in [4.78, 5) is 2.37. The lowest BCUT2D eigenvalue weighted by Gasteiger charge is -2.19. The van der Waals surface area contributed by atoms with Crippen LogP contribution in [0.25, 0.3) is 22.2 Å². The van der Waals surface area contributed by atoms with E-state index in [0.29, 0.717) is 11.3 Å². The van der Waals surface area contributed by atoms with E-state index in [9.17, 15) is 13.7 Å². The van der Waals surface area contributed by atoms with Crippen LogP contribution >= 0.6 is 0 Å². The predicted octanol–water partition coefficient (Wildman–Crippen LogP) is 4.83. The van der Waals surface area contributed by atoms with Gasteiger partial charge in [0, 0.05) is 25.5 Å². The van der Waals surface area contributed by atoms with Crippen molar-refractivity contribution in [3.8, 4) is 17.3 Å². The summed E-state index contributed by atoms with van der Waals surface area (Å²) in [5.74, 6) is 0.0454. The molecule has 0 saturated heterocycles. The average Bonchev–Trinajstić information content (AvgIpc) is 3.14. The fourth-order valence-electron chi connectivity index (χ4n) is 4.12. The number of hydrogen-bond donors (Lipinski definition) is 0. The number of rotatable bonds is 9. The van der Waals surface area contributed by atoms with E-state index < -0.39 is 10.0 Å². The molecule has 1 heterocycles. The van der Waals surface area contributed by atoms with Crippen LogP contribution in [0.3, 0.4) is 0 Å². The number of aromatic nitrogens is 1. The largest absolute Gasteiger partial charge is 0.340 e. The fourth-order valence-corrected chi connectivity index (χ4v) is 4.95. The highest BCUT2D eigenvalue weighted by molar-refractivity contribution is 7.92. The Morgan fingerprint density at radius 3 is 2.19 bits per heavy atom. The number of nitrogens with zero attached hydrogens (tertiary/aromatic N) is 4. The zero-order valence-electron chi connectivity index (χ0n) is 19.6. The van der Waals surface area contributed by atoms with E-state index in [1.807, 2.05) is 12.1 Å². The minimum absolute atomic E-state index is 0.0454. The molecule has 0 saturated carbocycles. The van der Waals surface area contributed by atoms with Crippen molar-refractivity contribution in [2.75, 3.05) is 30.2 Å². The third-order valence-electron chi connectivity index (χ3n) is 6.14. The van der Waals surface area contributed by atoms with Crippen LogP contribution in [0, 0.1) is 11.3 Å². The molecule has 0 atom stereocenters. The minimum atomic E-state index is -3.32. The molecule has 0 aliphatic carbocycles. The number of sulfonamides is 1. The first-order valence-corrected chi connectivity index (χ1v) is 12.8. The van der Waals surface area contributed by atoms with Crippen molar-refractivity contribution in [2.24, 2.45) is 0 Å². The zero-order chi connectivity index (χ0) is 23.5. The Morgan fingerprint density at radius 2 is 1.66 bits per heavy atom. The van der Waals surface area contributed by atoms with Crippen LogP contribution in [-0.2, 0) is 23.1 Å². The lowest BCUT2D eigenvalue weighted by molar-refractivity contribution is 0.296. The molecule has 0 amide bonds. The quantitative estimate of drug-likeness (QED) is 0.466.